The van der Waals surface area contributed by atoms with Crippen LogP contribution in [0.4, 0.5) is 0 Å². The Labute approximate surface area is 178 Å². The van der Waals surface area contributed by atoms with E-state index in [-0.39, 0.29) is 41.8 Å². The Morgan fingerprint density at radius 2 is 1.90 bits per heavy atom. The van der Waals surface area contributed by atoms with Gasteiger partial charge in [0.15, 0.2) is 0 Å². The van der Waals surface area contributed by atoms with Gasteiger partial charge in [0.25, 0.3) is 11.1 Å². The number of hydrogen-bond acceptors (Lipinski definition) is 6. The molecule has 0 spiro atoms. The average molecular weight is 432 g/mol. The van der Waals surface area contributed by atoms with Crippen LogP contribution in [0, 0.1) is 6.92 Å². The number of pyridine rings is 1. The lowest BCUT2D eigenvalue weighted by Crippen LogP contribution is -2.42. The number of likely N-dealkylation sites (tertiary alicyclic amines) is 1. The smallest absolute Gasteiger partial charge is 0.273 e. The quantitative estimate of drug-likeness (QED) is 0.434. The SMILES string of the molecule is Cc1c(CCC(=O)NC2CC(=O)N(CCN3CCOCC3)C2)c(=O)[nH]c2[nH][nH]c(=O)c12. The molecule has 11 heteroatoms. The molecule has 11 nitrogen and oxygen atoms in total. The fraction of sp³-hybridized carbons (Fsp3) is 0.600. The Bertz CT molecular complexity index is 1080. The van der Waals surface area contributed by atoms with Crippen molar-refractivity contribution in [2.75, 3.05) is 45.9 Å². The molecule has 2 aromatic heterocycles. The topological polar surface area (TPSA) is 143 Å². The number of aromatic amines is 3. The van der Waals surface area contributed by atoms with Crippen molar-refractivity contribution in [1.29, 1.82) is 0 Å². The van der Waals surface area contributed by atoms with Gasteiger partial charge in [-0.15, -0.1) is 0 Å². The van der Waals surface area contributed by atoms with Crippen LogP contribution in [0.25, 0.3) is 11.0 Å². The Hall–Kier alpha value is -2.92. The molecule has 2 aromatic rings. The van der Waals surface area contributed by atoms with Crippen molar-refractivity contribution in [3.05, 3.63) is 31.8 Å². The monoisotopic (exact) mass is 432 g/mol. The first-order chi connectivity index (χ1) is 14.9. The summed E-state index contributed by atoms with van der Waals surface area (Å²) in [5, 5.41) is 8.38. The number of amides is 2. The van der Waals surface area contributed by atoms with Gasteiger partial charge in [-0.25, -0.2) is 0 Å². The lowest BCUT2D eigenvalue weighted by molar-refractivity contribution is -0.128. The molecule has 4 N–H and O–H groups in total. The van der Waals surface area contributed by atoms with Gasteiger partial charge in [0, 0.05) is 51.1 Å². The van der Waals surface area contributed by atoms with Crippen LogP contribution >= 0.6 is 0 Å². The van der Waals surface area contributed by atoms with Crippen molar-refractivity contribution in [1.82, 2.24) is 30.3 Å². The second-order valence-electron chi connectivity index (χ2n) is 8.15. The first-order valence-corrected chi connectivity index (χ1v) is 10.6. The molecule has 2 fully saturated rings. The number of carbonyl (C=O) groups is 2. The number of H-pyrrole nitrogens is 3. The molecule has 0 saturated carbocycles. The lowest BCUT2D eigenvalue weighted by atomic mass is 10.0. The molecule has 2 amide bonds. The molecule has 0 aromatic carbocycles. The van der Waals surface area contributed by atoms with Crippen LogP contribution < -0.4 is 16.4 Å². The number of aryl methyl sites for hydroxylation is 1. The molecule has 0 radical (unpaired) electrons. The number of hydrogen-bond donors (Lipinski definition) is 4. The lowest BCUT2D eigenvalue weighted by Gasteiger charge is -2.28. The first-order valence-electron chi connectivity index (χ1n) is 10.6. The second-order valence-corrected chi connectivity index (χ2v) is 8.15. The van der Waals surface area contributed by atoms with Gasteiger partial charge in [0.2, 0.25) is 11.8 Å². The second kappa shape index (κ2) is 9.06. The maximum Gasteiger partial charge on any atom is 0.273 e. The highest BCUT2D eigenvalue weighted by Crippen LogP contribution is 2.14. The predicted molar refractivity (Wildman–Crippen MR) is 113 cm³/mol. The van der Waals surface area contributed by atoms with Crippen molar-refractivity contribution in [2.24, 2.45) is 0 Å². The molecule has 1 atom stereocenters. The zero-order chi connectivity index (χ0) is 22.0. The van der Waals surface area contributed by atoms with Crippen LogP contribution in [0.5, 0.6) is 0 Å². The average Bonchev–Trinajstić information content (AvgIpc) is 3.28. The van der Waals surface area contributed by atoms with Crippen LogP contribution in [-0.2, 0) is 20.7 Å². The van der Waals surface area contributed by atoms with E-state index in [4.69, 9.17) is 4.74 Å². The van der Waals surface area contributed by atoms with Crippen molar-refractivity contribution in [3.8, 4) is 0 Å². The van der Waals surface area contributed by atoms with Crippen molar-refractivity contribution >= 4 is 22.8 Å². The van der Waals surface area contributed by atoms with E-state index in [2.05, 4.69) is 25.4 Å². The summed E-state index contributed by atoms with van der Waals surface area (Å²) in [6, 6.07) is -0.223. The predicted octanol–water partition coefficient (Wildman–Crippen LogP) is -1.17. The van der Waals surface area contributed by atoms with E-state index in [1.807, 2.05) is 0 Å². The van der Waals surface area contributed by atoms with Gasteiger partial charge >= 0.3 is 0 Å². The van der Waals surface area contributed by atoms with Gasteiger partial charge in [-0.1, -0.05) is 0 Å². The fourth-order valence-corrected chi connectivity index (χ4v) is 4.33. The summed E-state index contributed by atoms with van der Waals surface area (Å²) in [7, 11) is 0. The van der Waals surface area contributed by atoms with Gasteiger partial charge in [-0.05, 0) is 18.9 Å². The summed E-state index contributed by atoms with van der Waals surface area (Å²) in [6.07, 6.45) is 0.615. The van der Waals surface area contributed by atoms with Crippen LogP contribution in [-0.4, -0.2) is 88.8 Å². The number of aromatic nitrogens is 3. The number of ether oxygens (including phenoxy) is 1. The van der Waals surface area contributed by atoms with E-state index in [1.54, 1.807) is 11.8 Å². The van der Waals surface area contributed by atoms with Crippen LogP contribution in [0.2, 0.25) is 0 Å². The molecular formula is C20H28N6O5. The van der Waals surface area contributed by atoms with Gasteiger partial charge in [-0.2, -0.15) is 0 Å². The maximum absolute atomic E-state index is 12.4. The third-order valence-corrected chi connectivity index (χ3v) is 6.09. The van der Waals surface area contributed by atoms with E-state index < -0.39 is 0 Å². The molecule has 4 rings (SSSR count). The van der Waals surface area contributed by atoms with Gasteiger partial charge in [0.05, 0.1) is 24.6 Å². The Morgan fingerprint density at radius 3 is 2.68 bits per heavy atom. The number of fused-ring (bicyclic) bond motifs is 1. The zero-order valence-corrected chi connectivity index (χ0v) is 17.6. The molecule has 2 aliphatic rings. The number of nitrogens with zero attached hydrogens (tertiary/aromatic N) is 2. The van der Waals surface area contributed by atoms with E-state index >= 15 is 0 Å². The number of carbonyl (C=O) groups excluding carboxylic acids is 2. The van der Waals surface area contributed by atoms with Gasteiger partial charge in [-0.3, -0.25) is 34.3 Å². The molecule has 31 heavy (non-hydrogen) atoms. The zero-order valence-electron chi connectivity index (χ0n) is 17.6. The summed E-state index contributed by atoms with van der Waals surface area (Å²) in [5.41, 5.74) is 0.707. The van der Waals surface area contributed by atoms with Gasteiger partial charge in [0.1, 0.15) is 5.65 Å². The molecule has 1 unspecified atom stereocenters. The highest BCUT2D eigenvalue weighted by Gasteiger charge is 2.30. The number of morpholine rings is 1. The van der Waals surface area contributed by atoms with Crippen LogP contribution in [0.1, 0.15) is 24.0 Å². The van der Waals surface area contributed by atoms with Crippen molar-refractivity contribution < 1.29 is 14.3 Å². The highest BCUT2D eigenvalue weighted by molar-refractivity contribution is 5.82. The summed E-state index contributed by atoms with van der Waals surface area (Å²) in [6.45, 7) is 6.85. The van der Waals surface area contributed by atoms with Crippen LogP contribution in [0.3, 0.4) is 0 Å². The highest BCUT2D eigenvalue weighted by atomic mass is 16.5. The number of rotatable bonds is 7. The molecule has 2 aliphatic heterocycles. The van der Waals surface area contributed by atoms with Crippen molar-refractivity contribution in [3.63, 3.8) is 0 Å². The molecule has 0 bridgehead atoms. The van der Waals surface area contributed by atoms with E-state index in [0.29, 0.717) is 41.7 Å². The minimum atomic E-state index is -0.321. The number of nitrogens with one attached hydrogen (secondary N) is 4. The molecule has 0 aliphatic carbocycles. The Kier molecular flexibility index (Phi) is 6.23. The standard InChI is InChI=1S/C20H28N6O5/c1-12-14(19(29)22-18-17(12)20(30)24-23-18)2-3-15(27)21-13-10-16(28)26(11-13)5-4-25-6-8-31-9-7-25/h13H,2-11H2,1H3,(H,21,27)(H3,22,23,24,29,30). The third-order valence-electron chi connectivity index (χ3n) is 6.09. The molecule has 4 heterocycles. The summed E-state index contributed by atoms with van der Waals surface area (Å²) in [5.74, 6) is -0.169. The summed E-state index contributed by atoms with van der Waals surface area (Å²) in [4.78, 5) is 55.7. The third kappa shape index (κ3) is 4.72. The largest absolute Gasteiger partial charge is 0.379 e. The minimum Gasteiger partial charge on any atom is -0.379 e. The van der Waals surface area contributed by atoms with E-state index in [1.165, 1.54) is 0 Å². The Morgan fingerprint density at radius 1 is 1.13 bits per heavy atom. The normalized spacial score (nSPS) is 20.0. The maximum atomic E-state index is 12.4. The summed E-state index contributed by atoms with van der Waals surface area (Å²) >= 11 is 0. The molecular weight excluding hydrogens is 404 g/mol. The Balaban J connectivity index is 1.29. The minimum absolute atomic E-state index is 0.0444. The first kappa shape index (κ1) is 21.3. The fourth-order valence-electron chi connectivity index (χ4n) is 4.33. The van der Waals surface area contributed by atoms with Crippen LogP contribution in [0.15, 0.2) is 9.59 Å². The van der Waals surface area contributed by atoms with Crippen molar-refractivity contribution in [2.45, 2.75) is 32.2 Å². The summed E-state index contributed by atoms with van der Waals surface area (Å²) < 4.78 is 5.34. The molecule has 2 saturated heterocycles. The van der Waals surface area contributed by atoms with E-state index in [9.17, 15) is 19.2 Å². The molecule has 168 valence electrons. The van der Waals surface area contributed by atoms with E-state index in [0.717, 1.165) is 32.8 Å². The van der Waals surface area contributed by atoms with Gasteiger partial charge < -0.3 is 19.9 Å².